The molecule has 0 rings (SSSR count). The van der Waals surface area contributed by atoms with Crippen molar-refractivity contribution < 1.29 is 42.9 Å². The van der Waals surface area contributed by atoms with E-state index in [1.165, 1.54) is 38.5 Å². The first kappa shape index (κ1) is 81.4. The second-order valence-corrected chi connectivity index (χ2v) is 23.0. The minimum absolute atomic E-state index is 0.172. The lowest BCUT2D eigenvalue weighted by molar-refractivity contribution is -0.870. The van der Waals surface area contributed by atoms with Gasteiger partial charge in [-0.2, -0.15) is 0 Å². The Hall–Kier alpha value is -5.61. The van der Waals surface area contributed by atoms with Crippen LogP contribution >= 0.6 is 0 Å². The van der Waals surface area contributed by atoms with Gasteiger partial charge in [0.05, 0.1) is 34.4 Å². The number of nitrogens with zero attached hydrogens (tertiary/aromatic N) is 1. The molecule has 0 saturated carbocycles. The number of hydrogen-bond acceptors (Lipinski definition) is 7. The van der Waals surface area contributed by atoms with E-state index in [9.17, 15) is 19.5 Å². The smallest absolute Gasteiger partial charge is 0.361 e. The van der Waals surface area contributed by atoms with Gasteiger partial charge in [-0.1, -0.05) is 267 Å². The molecule has 1 N–H and O–H groups in total. The maximum atomic E-state index is 12.9. The van der Waals surface area contributed by atoms with E-state index in [2.05, 4.69) is 196 Å². The van der Waals surface area contributed by atoms with Crippen LogP contribution in [0.2, 0.25) is 0 Å². The Morgan fingerprint density at radius 1 is 0.345 bits per heavy atom. The van der Waals surface area contributed by atoms with Crippen molar-refractivity contribution in [2.45, 2.75) is 245 Å². The Kier molecular flexibility index (Phi) is 62.1. The molecule has 0 aliphatic rings. The van der Waals surface area contributed by atoms with E-state index >= 15 is 0 Å². The molecule has 0 fully saturated rings. The normalized spacial score (nSPS) is 13.9. The molecule has 0 heterocycles. The predicted molar refractivity (Wildman–Crippen MR) is 372 cm³/mol. The number of carbonyl (C=O) groups excluding carboxylic acids is 2. The van der Waals surface area contributed by atoms with Crippen LogP contribution in [0.15, 0.2) is 182 Å². The monoisotopic (exact) mass is 1200 g/mol. The fourth-order valence-corrected chi connectivity index (χ4v) is 8.54. The van der Waals surface area contributed by atoms with Crippen molar-refractivity contribution >= 4 is 17.9 Å². The summed E-state index contributed by atoms with van der Waals surface area (Å²) in [5.41, 5.74) is 0. The Morgan fingerprint density at radius 2 is 0.621 bits per heavy atom. The Morgan fingerprint density at radius 3 is 0.920 bits per heavy atom. The van der Waals surface area contributed by atoms with Crippen LogP contribution in [0, 0.1) is 0 Å². The molecule has 2 atom stereocenters. The highest BCUT2D eigenvalue weighted by molar-refractivity contribution is 5.71. The van der Waals surface area contributed by atoms with Gasteiger partial charge in [0.1, 0.15) is 13.2 Å². The molecule has 0 spiro atoms. The highest BCUT2D eigenvalue weighted by atomic mass is 16.7. The van der Waals surface area contributed by atoms with Crippen molar-refractivity contribution in [3.8, 4) is 0 Å². The van der Waals surface area contributed by atoms with Gasteiger partial charge < -0.3 is 28.5 Å². The molecule has 0 bridgehead atoms. The summed E-state index contributed by atoms with van der Waals surface area (Å²) in [7, 11) is 5.95. The fraction of sp³-hybridized carbons (Fsp3) is 0.577. The predicted octanol–water partition coefficient (Wildman–Crippen LogP) is 21.2. The largest absolute Gasteiger partial charge is 0.477 e. The van der Waals surface area contributed by atoms with Crippen LogP contribution in [-0.2, 0) is 33.3 Å². The standard InChI is InChI=1S/C78H123NO8/c1-6-8-10-12-14-16-18-20-22-24-26-28-30-32-34-36-37-38-39-41-43-45-47-49-51-53-55-57-59-61-63-65-67-69-76(81)87-74(73-86-78(77(82)83)84-71-70-79(3,4)5)72-85-75(80)68-66-64-62-60-58-56-54-52-50-48-46-44-42-40-35-33-31-29-27-25-23-21-19-17-15-13-11-9-7-2/h8-11,14-17,20-23,26-29,32-35,37-38,41-44,47,49,53,55,74,78H,6-7,12-13,18-19,24-25,30-31,36,39-40,45-46,48,50-52,54,56-73H2,1-5H3/p+1/b10-8-,11-9-,16-14-,17-15-,22-20-,23-21-,28-26-,29-27-,34-32-,35-33-,38-37-,43-41-,44-42-,49-47-,55-53-. The molecule has 9 nitrogen and oxygen atoms in total. The van der Waals surface area contributed by atoms with Crippen LogP contribution < -0.4 is 0 Å². The number of unbranched alkanes of at least 4 members (excludes halogenated alkanes) is 15. The molecular weight excluding hydrogens is 1080 g/mol. The van der Waals surface area contributed by atoms with Gasteiger partial charge in [0.2, 0.25) is 0 Å². The minimum atomic E-state index is -1.53. The molecule has 87 heavy (non-hydrogen) atoms. The number of carbonyl (C=O) groups is 3. The number of aliphatic carboxylic acids is 1. The topological polar surface area (TPSA) is 108 Å². The van der Waals surface area contributed by atoms with E-state index in [4.69, 9.17) is 18.9 Å². The lowest BCUT2D eigenvalue weighted by atomic mass is 10.1. The highest BCUT2D eigenvalue weighted by Gasteiger charge is 2.25. The van der Waals surface area contributed by atoms with E-state index in [1.807, 2.05) is 21.1 Å². The molecule has 0 radical (unpaired) electrons. The molecule has 2 unspecified atom stereocenters. The fourth-order valence-electron chi connectivity index (χ4n) is 8.54. The third-order valence-corrected chi connectivity index (χ3v) is 13.7. The van der Waals surface area contributed by atoms with Gasteiger partial charge in [-0.15, -0.1) is 0 Å². The summed E-state index contributed by atoms with van der Waals surface area (Å²) >= 11 is 0. The lowest BCUT2D eigenvalue weighted by Gasteiger charge is -2.25. The van der Waals surface area contributed by atoms with Crippen LogP contribution in [0.4, 0.5) is 0 Å². The molecular formula is C78H124NO8+. The number of rotatable bonds is 60. The third-order valence-electron chi connectivity index (χ3n) is 13.7. The average molecular weight is 1200 g/mol. The number of carboxylic acids is 1. The van der Waals surface area contributed by atoms with Crippen LogP contribution in [0.5, 0.6) is 0 Å². The van der Waals surface area contributed by atoms with E-state index in [-0.39, 0.29) is 38.6 Å². The number of quaternary nitrogens is 1. The summed E-state index contributed by atoms with van der Waals surface area (Å²) in [5, 5.41) is 9.74. The van der Waals surface area contributed by atoms with Crippen molar-refractivity contribution in [2.75, 3.05) is 47.5 Å². The van der Waals surface area contributed by atoms with E-state index in [0.717, 1.165) is 161 Å². The van der Waals surface area contributed by atoms with E-state index in [1.54, 1.807) is 0 Å². The van der Waals surface area contributed by atoms with Gasteiger partial charge in [-0.3, -0.25) is 9.59 Å². The number of likely N-dealkylation sites (N-methyl/N-ethyl adjacent to an activating group) is 1. The first-order valence-electron chi connectivity index (χ1n) is 33.9. The van der Waals surface area contributed by atoms with Crippen molar-refractivity contribution in [3.63, 3.8) is 0 Å². The third kappa shape index (κ3) is 67.8. The summed E-state index contributed by atoms with van der Waals surface area (Å²) in [4.78, 5) is 37.6. The Balaban J connectivity index is 4.28. The number of hydrogen-bond donors (Lipinski definition) is 1. The minimum Gasteiger partial charge on any atom is -0.477 e. The summed E-state index contributed by atoms with van der Waals surface area (Å²) < 4.78 is 22.9. The van der Waals surface area contributed by atoms with E-state index in [0.29, 0.717) is 17.4 Å². The zero-order valence-corrected chi connectivity index (χ0v) is 55.6. The first-order chi connectivity index (χ1) is 42.6. The average Bonchev–Trinajstić information content (AvgIpc) is 3.59. The van der Waals surface area contributed by atoms with Gasteiger partial charge in [-0.25, -0.2) is 4.79 Å². The van der Waals surface area contributed by atoms with Crippen LogP contribution in [-0.4, -0.2) is 87.4 Å². The summed E-state index contributed by atoms with van der Waals surface area (Å²) in [6, 6.07) is 0. The summed E-state index contributed by atoms with van der Waals surface area (Å²) in [5.74, 6) is -2.06. The van der Waals surface area contributed by atoms with Crippen LogP contribution in [0.1, 0.15) is 232 Å². The summed E-state index contributed by atoms with van der Waals surface area (Å²) in [6.45, 7) is 4.60. The molecule has 9 heteroatoms. The number of ether oxygens (including phenoxy) is 4. The zero-order chi connectivity index (χ0) is 63.3. The molecule has 0 aliphatic carbocycles. The van der Waals surface area contributed by atoms with Gasteiger partial charge in [0, 0.05) is 12.8 Å². The van der Waals surface area contributed by atoms with Gasteiger partial charge >= 0.3 is 17.9 Å². The van der Waals surface area contributed by atoms with Crippen LogP contribution in [0.3, 0.4) is 0 Å². The highest BCUT2D eigenvalue weighted by Crippen LogP contribution is 2.15. The number of esters is 2. The maximum absolute atomic E-state index is 12.9. The van der Waals surface area contributed by atoms with Crippen molar-refractivity contribution in [2.24, 2.45) is 0 Å². The van der Waals surface area contributed by atoms with Gasteiger partial charge in [0.25, 0.3) is 6.29 Å². The van der Waals surface area contributed by atoms with Gasteiger partial charge in [-0.05, 0) is 135 Å². The molecule has 0 amide bonds. The quantitative estimate of drug-likeness (QED) is 0.0211. The number of carboxylic acid groups (broad SMARTS) is 1. The number of allylic oxidation sites excluding steroid dienone is 30. The zero-order valence-electron chi connectivity index (χ0n) is 55.6. The molecule has 488 valence electrons. The van der Waals surface area contributed by atoms with Crippen molar-refractivity contribution in [3.05, 3.63) is 182 Å². The molecule has 0 saturated heterocycles. The second kappa shape index (κ2) is 66.3. The second-order valence-electron chi connectivity index (χ2n) is 23.0. The first-order valence-corrected chi connectivity index (χ1v) is 33.9. The maximum Gasteiger partial charge on any atom is 0.361 e. The molecule has 0 aliphatic heterocycles. The molecule has 0 aromatic carbocycles. The van der Waals surface area contributed by atoms with Crippen molar-refractivity contribution in [1.29, 1.82) is 0 Å². The van der Waals surface area contributed by atoms with Crippen LogP contribution in [0.25, 0.3) is 0 Å². The molecule has 0 aromatic rings. The Labute approximate surface area is 532 Å². The SMILES string of the molecule is CC/C=C\C/C=C\C/C=C\C/C=C\C/C=C\C/C=C\C/C=C\C/C=C\C/C=C\CCCCCCCC(=O)OC(COC(=O)CCCCCCCCCCCC/C=C\C/C=C\C/C=C\C/C=C\C/C=C\C/C=C\CC)COC(OCC[N+](C)(C)C)C(=O)O. The summed E-state index contributed by atoms with van der Waals surface area (Å²) in [6.07, 6.45) is 98.4. The Bertz CT molecular complexity index is 2080. The van der Waals surface area contributed by atoms with E-state index < -0.39 is 24.3 Å². The lowest BCUT2D eigenvalue weighted by Crippen LogP contribution is -2.40. The molecule has 0 aromatic heterocycles. The van der Waals surface area contributed by atoms with Crippen molar-refractivity contribution in [1.82, 2.24) is 0 Å². The van der Waals surface area contributed by atoms with Gasteiger partial charge in [0.15, 0.2) is 6.10 Å².